The maximum Gasteiger partial charge on any atom is 0.240 e. The van der Waals surface area contributed by atoms with E-state index in [4.69, 9.17) is 5.73 Å². The molecule has 2 aromatic carbocycles. The van der Waals surface area contributed by atoms with Gasteiger partial charge >= 0.3 is 0 Å². The minimum Gasteiger partial charge on any atom is -0.508 e. The van der Waals surface area contributed by atoms with E-state index in [-0.39, 0.29) is 11.7 Å². The molecule has 0 saturated carbocycles. The molecule has 2 rings (SSSR count). The number of primary amides is 1. The molecule has 0 bridgehead atoms. The van der Waals surface area contributed by atoms with Gasteiger partial charge in [0.1, 0.15) is 11.8 Å². The largest absolute Gasteiger partial charge is 0.508 e. The van der Waals surface area contributed by atoms with Crippen LogP contribution in [-0.4, -0.2) is 59.5 Å². The van der Waals surface area contributed by atoms with Crippen molar-refractivity contribution < 1.29 is 14.7 Å². The van der Waals surface area contributed by atoms with Crippen LogP contribution in [0.25, 0.3) is 0 Å². The van der Waals surface area contributed by atoms with E-state index < -0.39 is 18.0 Å². The van der Waals surface area contributed by atoms with E-state index in [1.165, 1.54) is 5.56 Å². The highest BCUT2D eigenvalue weighted by Crippen LogP contribution is 2.16. The Morgan fingerprint density at radius 1 is 1.10 bits per heavy atom. The number of aryl methyl sites for hydroxylation is 1. The van der Waals surface area contributed by atoms with Crippen molar-refractivity contribution in [3.63, 3.8) is 0 Å². The van der Waals surface area contributed by atoms with Crippen molar-refractivity contribution in [2.45, 2.75) is 37.8 Å². The number of carbonyl (C=O) groups excluding carboxylic acids is 2. The molecule has 31 heavy (non-hydrogen) atoms. The zero-order valence-corrected chi connectivity index (χ0v) is 19.1. The molecule has 2 aromatic rings. The fraction of sp³-hybridized carbons (Fsp3) is 0.417. The van der Waals surface area contributed by atoms with Crippen molar-refractivity contribution in [1.29, 1.82) is 0 Å². The molecule has 0 radical (unpaired) electrons. The number of nitrogens with one attached hydrogen (secondary N) is 1. The summed E-state index contributed by atoms with van der Waals surface area (Å²) in [6.45, 7) is 0.462. The third-order valence-corrected chi connectivity index (χ3v) is 5.96. The lowest BCUT2D eigenvalue weighted by molar-refractivity contribution is -0.141. The number of carbonyl (C=O) groups is 2. The van der Waals surface area contributed by atoms with Crippen LogP contribution in [0.5, 0.6) is 5.75 Å². The van der Waals surface area contributed by atoms with Gasteiger partial charge in [-0.05, 0) is 68.0 Å². The number of likely N-dealkylation sites (N-methyl/N-ethyl adjacent to an activating group) is 1. The van der Waals surface area contributed by atoms with E-state index in [1.807, 2.05) is 24.5 Å². The van der Waals surface area contributed by atoms with Gasteiger partial charge in [0.05, 0.1) is 6.04 Å². The lowest BCUT2D eigenvalue weighted by Gasteiger charge is -2.33. The van der Waals surface area contributed by atoms with Gasteiger partial charge in [0.25, 0.3) is 0 Å². The summed E-state index contributed by atoms with van der Waals surface area (Å²) in [6.07, 6.45) is 4.53. The quantitative estimate of drug-likeness (QED) is 0.442. The number of hydrogen-bond donors (Lipinski definition) is 3. The van der Waals surface area contributed by atoms with Gasteiger partial charge < -0.3 is 21.1 Å². The topological polar surface area (TPSA) is 95.7 Å². The van der Waals surface area contributed by atoms with E-state index in [1.54, 1.807) is 48.0 Å². The Balaban J connectivity index is 2.17. The normalized spacial score (nSPS) is 12.8. The molecule has 4 N–H and O–H groups in total. The minimum absolute atomic E-state index is 0.131. The van der Waals surface area contributed by atoms with Gasteiger partial charge in [0.2, 0.25) is 11.8 Å². The van der Waals surface area contributed by atoms with Crippen LogP contribution < -0.4 is 11.1 Å². The molecule has 0 aliphatic heterocycles. The molecule has 0 fully saturated rings. The number of nitrogens with two attached hydrogens (primary N) is 1. The van der Waals surface area contributed by atoms with Crippen LogP contribution in [0.2, 0.25) is 0 Å². The summed E-state index contributed by atoms with van der Waals surface area (Å²) >= 11 is 1.63. The second-order valence-corrected chi connectivity index (χ2v) is 8.52. The van der Waals surface area contributed by atoms with Crippen LogP contribution >= 0.6 is 11.8 Å². The number of amides is 2. The Labute approximate surface area is 189 Å². The van der Waals surface area contributed by atoms with Crippen molar-refractivity contribution in [2.75, 3.05) is 25.6 Å². The number of benzene rings is 2. The molecule has 6 nitrogen and oxygen atoms in total. The van der Waals surface area contributed by atoms with Crippen LogP contribution in [0, 0.1) is 0 Å². The third kappa shape index (κ3) is 7.92. The van der Waals surface area contributed by atoms with Crippen LogP contribution in [0.3, 0.4) is 0 Å². The third-order valence-electron chi connectivity index (χ3n) is 5.31. The summed E-state index contributed by atoms with van der Waals surface area (Å²) in [5.41, 5.74) is 7.84. The first kappa shape index (κ1) is 24.8. The summed E-state index contributed by atoms with van der Waals surface area (Å²) in [5, 5.41) is 12.6. The maximum atomic E-state index is 13.5. The van der Waals surface area contributed by atoms with E-state index in [9.17, 15) is 14.7 Å². The second kappa shape index (κ2) is 13.0. The lowest BCUT2D eigenvalue weighted by Crippen LogP contribution is -2.55. The molecule has 0 aromatic heterocycles. The van der Waals surface area contributed by atoms with Crippen molar-refractivity contribution in [3.05, 3.63) is 65.7 Å². The highest BCUT2D eigenvalue weighted by molar-refractivity contribution is 7.98. The average Bonchev–Trinajstić information content (AvgIpc) is 2.77. The molecule has 0 aliphatic rings. The molecular weight excluding hydrogens is 410 g/mol. The second-order valence-electron chi connectivity index (χ2n) is 7.53. The molecule has 0 spiro atoms. The molecule has 0 unspecified atom stereocenters. The molecule has 0 aliphatic carbocycles. The van der Waals surface area contributed by atoms with Gasteiger partial charge in [0, 0.05) is 6.54 Å². The summed E-state index contributed by atoms with van der Waals surface area (Å²) in [7, 11) is 1.74. The maximum absolute atomic E-state index is 13.5. The lowest BCUT2D eigenvalue weighted by atomic mass is 10.0. The number of phenolic OH excluding ortho intramolecular Hbond substituents is 1. The Morgan fingerprint density at radius 3 is 2.35 bits per heavy atom. The van der Waals surface area contributed by atoms with Gasteiger partial charge in [-0.15, -0.1) is 0 Å². The summed E-state index contributed by atoms with van der Waals surface area (Å²) in [6, 6.07) is 15.8. The highest BCUT2D eigenvalue weighted by Gasteiger charge is 2.31. The highest BCUT2D eigenvalue weighted by atomic mass is 32.2. The van der Waals surface area contributed by atoms with Crippen molar-refractivity contribution in [1.82, 2.24) is 10.2 Å². The van der Waals surface area contributed by atoms with E-state index in [0.717, 1.165) is 24.2 Å². The van der Waals surface area contributed by atoms with Crippen LogP contribution in [-0.2, 0) is 22.4 Å². The fourth-order valence-electron chi connectivity index (χ4n) is 3.58. The van der Waals surface area contributed by atoms with Crippen molar-refractivity contribution >= 4 is 23.6 Å². The Bertz CT molecular complexity index is 815. The first-order valence-corrected chi connectivity index (χ1v) is 11.9. The van der Waals surface area contributed by atoms with E-state index in [0.29, 0.717) is 19.4 Å². The summed E-state index contributed by atoms with van der Waals surface area (Å²) < 4.78 is 0. The fourth-order valence-corrected chi connectivity index (χ4v) is 4.04. The first-order valence-electron chi connectivity index (χ1n) is 10.5. The molecule has 7 heteroatoms. The number of nitrogens with zero attached hydrogens (tertiary/aromatic N) is 1. The van der Waals surface area contributed by atoms with Gasteiger partial charge in [-0.2, -0.15) is 11.8 Å². The van der Waals surface area contributed by atoms with E-state index >= 15 is 0 Å². The monoisotopic (exact) mass is 443 g/mol. The Kier molecular flexibility index (Phi) is 10.4. The van der Waals surface area contributed by atoms with Gasteiger partial charge in [-0.1, -0.05) is 42.5 Å². The van der Waals surface area contributed by atoms with Crippen LogP contribution in [0.1, 0.15) is 24.0 Å². The number of thioether (sulfide) groups is 1. The number of rotatable bonds is 13. The first-order chi connectivity index (χ1) is 15.0. The van der Waals surface area contributed by atoms with Gasteiger partial charge in [-0.3, -0.25) is 9.59 Å². The standard InChI is InChI=1S/C24H33N3O3S/c1-26-21(17-19-10-12-20(28)13-11-19)24(30)27(22(23(25)29)14-16-31-2)15-6-9-18-7-4-3-5-8-18/h3-5,7-8,10-13,21-22,26,28H,6,9,14-17H2,1-2H3,(H2,25,29)/t21-,22+/m0/s1. The Hall–Kier alpha value is -2.51. The predicted octanol–water partition coefficient (Wildman–Crippen LogP) is 2.59. The van der Waals surface area contributed by atoms with Crippen molar-refractivity contribution in [2.24, 2.45) is 5.73 Å². The van der Waals surface area contributed by atoms with Gasteiger partial charge in [0.15, 0.2) is 0 Å². The average molecular weight is 444 g/mol. The zero-order valence-electron chi connectivity index (χ0n) is 18.3. The molecule has 168 valence electrons. The molecule has 2 amide bonds. The number of hydrogen-bond acceptors (Lipinski definition) is 5. The van der Waals surface area contributed by atoms with Crippen molar-refractivity contribution in [3.8, 4) is 5.75 Å². The number of aromatic hydroxyl groups is 1. The smallest absolute Gasteiger partial charge is 0.240 e. The van der Waals surface area contributed by atoms with Crippen LogP contribution in [0.15, 0.2) is 54.6 Å². The Morgan fingerprint density at radius 2 is 1.77 bits per heavy atom. The number of phenols is 1. The SMILES string of the molecule is CN[C@@H](Cc1ccc(O)cc1)C(=O)N(CCCc1ccccc1)[C@H](CCSC)C(N)=O. The van der Waals surface area contributed by atoms with Crippen LogP contribution in [0.4, 0.5) is 0 Å². The minimum atomic E-state index is -0.633. The summed E-state index contributed by atoms with van der Waals surface area (Å²) in [4.78, 5) is 27.4. The molecule has 0 heterocycles. The molecule has 0 saturated heterocycles. The molecule has 2 atom stereocenters. The van der Waals surface area contributed by atoms with E-state index in [2.05, 4.69) is 17.4 Å². The molecular formula is C24H33N3O3S. The van der Waals surface area contributed by atoms with Gasteiger partial charge in [-0.25, -0.2) is 0 Å². The summed E-state index contributed by atoms with van der Waals surface area (Å²) in [5.74, 6) is 0.331. The zero-order chi connectivity index (χ0) is 22.6. The predicted molar refractivity (Wildman–Crippen MR) is 127 cm³/mol.